The van der Waals surface area contributed by atoms with E-state index in [2.05, 4.69) is 5.32 Å². The van der Waals surface area contributed by atoms with Crippen molar-refractivity contribution in [3.05, 3.63) is 0 Å². The topological polar surface area (TPSA) is 145 Å². The predicted molar refractivity (Wildman–Crippen MR) is 50.7 cm³/mol. The minimum atomic E-state index is -2.35. The summed E-state index contributed by atoms with van der Waals surface area (Å²) in [5.74, 6) is -2.90. The highest BCUT2D eigenvalue weighted by Crippen LogP contribution is 2.24. The highest BCUT2D eigenvalue weighted by Gasteiger charge is 2.51. The molecule has 0 aromatic carbocycles. The Morgan fingerprint density at radius 3 is 2.50 bits per heavy atom. The second kappa shape index (κ2) is 4.62. The maximum atomic E-state index is 10.8. The van der Waals surface area contributed by atoms with Gasteiger partial charge in [-0.05, 0) is 0 Å². The lowest BCUT2D eigenvalue weighted by atomic mass is 9.94. The molecule has 94 valence electrons. The third kappa shape index (κ3) is 2.48. The minimum absolute atomic E-state index is 0.550. The standard InChI is InChI=1S/C8H16N2O6/c1-3(12)10-7-6(14)5(13)4(2-11)16-8(7,9)15/h4-7,11,13-15H,2,9H2,1H3,(H,10,12)/t4-,5-,6+,7-,8-/m1/s1. The van der Waals surface area contributed by atoms with Gasteiger partial charge in [-0.3, -0.25) is 10.5 Å². The molecular weight excluding hydrogens is 220 g/mol. The number of aliphatic hydroxyl groups is 4. The lowest BCUT2D eigenvalue weighted by Crippen LogP contribution is -2.73. The number of hydrogen-bond acceptors (Lipinski definition) is 7. The predicted octanol–water partition coefficient (Wildman–Crippen LogP) is -3.79. The Morgan fingerprint density at radius 2 is 2.06 bits per heavy atom. The highest BCUT2D eigenvalue weighted by atomic mass is 16.7. The van der Waals surface area contributed by atoms with Gasteiger partial charge in [0.05, 0.1) is 6.61 Å². The number of amides is 1. The second-order valence-electron chi connectivity index (χ2n) is 3.75. The number of nitrogens with two attached hydrogens (primary N) is 1. The summed E-state index contributed by atoms with van der Waals surface area (Å²) in [5.41, 5.74) is 5.33. The second-order valence-corrected chi connectivity index (χ2v) is 3.75. The van der Waals surface area contributed by atoms with E-state index in [0.29, 0.717) is 0 Å². The molecule has 0 aliphatic carbocycles. The van der Waals surface area contributed by atoms with E-state index in [1.807, 2.05) is 0 Å². The largest absolute Gasteiger partial charge is 0.394 e. The van der Waals surface area contributed by atoms with Gasteiger partial charge in [0.15, 0.2) is 0 Å². The molecule has 0 saturated carbocycles. The fourth-order valence-electron chi connectivity index (χ4n) is 1.60. The molecule has 0 aromatic rings. The molecule has 16 heavy (non-hydrogen) atoms. The summed E-state index contributed by atoms with van der Waals surface area (Å²) in [6, 6.07) is -1.37. The van der Waals surface area contributed by atoms with Crippen molar-refractivity contribution >= 4 is 5.91 Å². The average Bonchev–Trinajstić information content (AvgIpc) is 2.18. The lowest BCUT2D eigenvalue weighted by molar-refractivity contribution is -0.315. The van der Waals surface area contributed by atoms with Crippen LogP contribution in [0, 0.1) is 0 Å². The fourth-order valence-corrected chi connectivity index (χ4v) is 1.60. The smallest absolute Gasteiger partial charge is 0.246 e. The van der Waals surface area contributed by atoms with Crippen molar-refractivity contribution in [2.75, 3.05) is 6.61 Å². The van der Waals surface area contributed by atoms with Gasteiger partial charge in [0.25, 0.3) is 0 Å². The fraction of sp³-hybridized carbons (Fsp3) is 0.875. The molecule has 0 unspecified atom stereocenters. The van der Waals surface area contributed by atoms with Gasteiger partial charge in [-0.1, -0.05) is 0 Å². The Kier molecular flexibility index (Phi) is 3.84. The van der Waals surface area contributed by atoms with Gasteiger partial charge in [0.1, 0.15) is 24.4 Å². The Labute approximate surface area is 91.6 Å². The van der Waals surface area contributed by atoms with Crippen LogP contribution in [0.4, 0.5) is 0 Å². The molecule has 0 bridgehead atoms. The molecule has 8 heteroatoms. The number of aliphatic hydroxyl groups excluding tert-OH is 3. The molecule has 1 aliphatic rings. The number of nitrogens with one attached hydrogen (secondary N) is 1. The number of rotatable bonds is 2. The Bertz CT molecular complexity index is 271. The molecular formula is C8H16N2O6. The molecule has 8 nitrogen and oxygen atoms in total. The normalized spacial score (nSPS) is 44.1. The van der Waals surface area contributed by atoms with E-state index in [1.165, 1.54) is 0 Å². The Hall–Kier alpha value is -0.770. The maximum absolute atomic E-state index is 10.8. The van der Waals surface area contributed by atoms with Gasteiger partial charge < -0.3 is 30.5 Å². The molecule has 1 saturated heterocycles. The molecule has 1 amide bonds. The van der Waals surface area contributed by atoms with Crippen LogP contribution in [0.2, 0.25) is 0 Å². The summed E-state index contributed by atoms with van der Waals surface area (Å²) in [6.07, 6.45) is -4.20. The van der Waals surface area contributed by atoms with E-state index in [1.54, 1.807) is 0 Å². The van der Waals surface area contributed by atoms with Crippen LogP contribution in [0.5, 0.6) is 0 Å². The van der Waals surface area contributed by atoms with Crippen molar-refractivity contribution in [2.45, 2.75) is 37.2 Å². The van der Waals surface area contributed by atoms with Gasteiger partial charge in [-0.25, -0.2) is 0 Å². The SMILES string of the molecule is CC(=O)N[C@@H]1[C@@H](O)[C@H](O)[C@@H](CO)O[C@]1(N)O. The summed E-state index contributed by atoms with van der Waals surface area (Å²) >= 11 is 0. The molecule has 1 heterocycles. The van der Waals surface area contributed by atoms with Crippen molar-refractivity contribution in [1.29, 1.82) is 0 Å². The van der Waals surface area contributed by atoms with Gasteiger partial charge in [-0.15, -0.1) is 0 Å². The summed E-state index contributed by atoms with van der Waals surface area (Å²) < 4.78 is 4.78. The number of ether oxygens (including phenoxy) is 1. The van der Waals surface area contributed by atoms with Crippen LogP contribution < -0.4 is 11.1 Å². The number of carbonyl (C=O) groups is 1. The third-order valence-electron chi connectivity index (χ3n) is 2.40. The number of hydrogen-bond donors (Lipinski definition) is 6. The minimum Gasteiger partial charge on any atom is -0.394 e. The van der Waals surface area contributed by atoms with Crippen LogP contribution >= 0.6 is 0 Å². The van der Waals surface area contributed by atoms with Crippen LogP contribution in [0.3, 0.4) is 0 Å². The zero-order valence-corrected chi connectivity index (χ0v) is 8.70. The molecule has 5 atom stereocenters. The molecule has 7 N–H and O–H groups in total. The van der Waals surface area contributed by atoms with Crippen LogP contribution in [0.1, 0.15) is 6.92 Å². The van der Waals surface area contributed by atoms with E-state index >= 15 is 0 Å². The first-order chi connectivity index (χ1) is 7.29. The van der Waals surface area contributed by atoms with Gasteiger partial charge in [-0.2, -0.15) is 0 Å². The molecule has 0 radical (unpaired) electrons. The number of carbonyl (C=O) groups excluding carboxylic acids is 1. The van der Waals surface area contributed by atoms with Gasteiger partial charge in [0, 0.05) is 6.92 Å². The van der Waals surface area contributed by atoms with Crippen molar-refractivity contribution in [3.63, 3.8) is 0 Å². The summed E-state index contributed by atoms with van der Waals surface area (Å²) in [5, 5.41) is 39.8. The summed E-state index contributed by atoms with van der Waals surface area (Å²) in [7, 11) is 0. The highest BCUT2D eigenvalue weighted by molar-refractivity contribution is 5.73. The van der Waals surface area contributed by atoms with E-state index in [-0.39, 0.29) is 0 Å². The average molecular weight is 236 g/mol. The van der Waals surface area contributed by atoms with Crippen LogP contribution in [-0.2, 0) is 9.53 Å². The quantitative estimate of drug-likeness (QED) is 0.270. The maximum Gasteiger partial charge on any atom is 0.246 e. The van der Waals surface area contributed by atoms with Crippen molar-refractivity contribution in [3.8, 4) is 0 Å². The summed E-state index contributed by atoms with van der Waals surface area (Å²) in [6.45, 7) is 0.540. The first kappa shape index (κ1) is 13.3. The van der Waals surface area contributed by atoms with Gasteiger partial charge >= 0.3 is 0 Å². The van der Waals surface area contributed by atoms with Crippen molar-refractivity contribution < 1.29 is 30.0 Å². The van der Waals surface area contributed by atoms with Crippen molar-refractivity contribution in [1.82, 2.24) is 5.32 Å². The molecule has 0 aromatic heterocycles. The van der Waals surface area contributed by atoms with Crippen LogP contribution in [-0.4, -0.2) is 63.2 Å². The first-order valence-electron chi connectivity index (χ1n) is 4.72. The Balaban J connectivity index is 2.87. The van der Waals surface area contributed by atoms with Crippen molar-refractivity contribution in [2.24, 2.45) is 5.73 Å². The Morgan fingerprint density at radius 1 is 1.50 bits per heavy atom. The zero-order valence-electron chi connectivity index (χ0n) is 8.70. The van der Waals surface area contributed by atoms with Crippen LogP contribution in [0.25, 0.3) is 0 Å². The zero-order chi connectivity index (χ0) is 12.5. The first-order valence-corrected chi connectivity index (χ1v) is 4.72. The van der Waals surface area contributed by atoms with Gasteiger partial charge in [0.2, 0.25) is 11.8 Å². The van der Waals surface area contributed by atoms with E-state index in [0.717, 1.165) is 6.92 Å². The van der Waals surface area contributed by atoms with E-state index in [4.69, 9.17) is 15.6 Å². The molecule has 1 rings (SSSR count). The third-order valence-corrected chi connectivity index (χ3v) is 2.40. The molecule has 1 aliphatic heterocycles. The van der Waals surface area contributed by atoms with Crippen LogP contribution in [0.15, 0.2) is 0 Å². The molecule has 1 fully saturated rings. The van der Waals surface area contributed by atoms with E-state index in [9.17, 15) is 20.1 Å². The van der Waals surface area contributed by atoms with E-state index < -0.39 is 42.8 Å². The summed E-state index contributed by atoms with van der Waals surface area (Å²) in [4.78, 5) is 10.8. The monoisotopic (exact) mass is 236 g/mol. The molecule has 0 spiro atoms. The lowest BCUT2D eigenvalue weighted by Gasteiger charge is -2.45.